The molecule has 0 fully saturated rings. The van der Waals surface area contributed by atoms with E-state index in [-0.39, 0.29) is 16.3 Å². The number of nitrogens with zero attached hydrogens (tertiary/aromatic N) is 3. The van der Waals surface area contributed by atoms with E-state index >= 15 is 0 Å². The third kappa shape index (κ3) is 3.05. The molecule has 1 amide bonds. The Morgan fingerprint density at radius 3 is 2.36 bits per heavy atom. The highest BCUT2D eigenvalue weighted by atomic mass is 32.1. The second-order valence-electron chi connectivity index (χ2n) is 5.24. The first-order valence-corrected chi connectivity index (χ1v) is 7.70. The molecule has 2 aromatic carbocycles. The van der Waals surface area contributed by atoms with Crippen LogP contribution >= 0.6 is 12.6 Å². The molecule has 2 aromatic rings. The number of nitrogens with one attached hydrogen (secondary N) is 1. The first kappa shape index (κ1) is 16.5. The lowest BCUT2D eigenvalue weighted by molar-refractivity contribution is -0.384. The predicted octanol–water partition coefficient (Wildman–Crippen LogP) is 2.89. The Labute approximate surface area is 148 Å². The van der Waals surface area contributed by atoms with E-state index in [1.165, 1.54) is 12.1 Å². The summed E-state index contributed by atoms with van der Waals surface area (Å²) in [5, 5.41) is 23.0. The smallest absolute Gasteiger partial charge is 0.269 e. The van der Waals surface area contributed by atoms with Crippen LogP contribution in [0, 0.1) is 21.4 Å². The summed E-state index contributed by atoms with van der Waals surface area (Å²) in [6, 6.07) is 16.9. The number of carbonyl (C=O) groups is 1. The van der Waals surface area contributed by atoms with Crippen LogP contribution < -0.4 is 10.2 Å². The van der Waals surface area contributed by atoms with E-state index < -0.39 is 17.0 Å². The highest BCUT2D eigenvalue weighted by Crippen LogP contribution is 2.35. The quantitative estimate of drug-likeness (QED) is 0.503. The summed E-state index contributed by atoms with van der Waals surface area (Å²) in [5.41, 5.74) is 1.22. The maximum absolute atomic E-state index is 12.2. The van der Waals surface area contributed by atoms with Gasteiger partial charge in [-0.3, -0.25) is 14.9 Å². The minimum Gasteiger partial charge on any atom is -0.327 e. The van der Waals surface area contributed by atoms with E-state index in [0.717, 1.165) is 5.69 Å². The van der Waals surface area contributed by atoms with Gasteiger partial charge < -0.3 is 10.2 Å². The molecule has 25 heavy (non-hydrogen) atoms. The fourth-order valence-electron chi connectivity index (χ4n) is 2.58. The van der Waals surface area contributed by atoms with Crippen molar-refractivity contribution in [3.8, 4) is 6.07 Å². The molecule has 0 radical (unpaired) electrons. The number of amides is 1. The number of hydrogen-bond donors (Lipinski definition) is 2. The fraction of sp³-hybridized carbons (Fsp3) is 0.0588. The van der Waals surface area contributed by atoms with E-state index in [4.69, 9.17) is 0 Å². The number of rotatable bonds is 3. The predicted molar refractivity (Wildman–Crippen MR) is 94.5 cm³/mol. The molecule has 0 bridgehead atoms. The van der Waals surface area contributed by atoms with Gasteiger partial charge in [0.2, 0.25) is 0 Å². The topological polar surface area (TPSA) is 99.3 Å². The molecule has 1 heterocycles. The van der Waals surface area contributed by atoms with Crippen molar-refractivity contribution in [2.24, 2.45) is 0 Å². The highest BCUT2D eigenvalue weighted by molar-refractivity contribution is 7.84. The molecular formula is C17H12N4O3S. The van der Waals surface area contributed by atoms with Crippen molar-refractivity contribution >= 4 is 29.9 Å². The summed E-state index contributed by atoms with van der Waals surface area (Å²) in [6.45, 7) is 0. The Bertz CT molecular complexity index is 904. The molecule has 1 N–H and O–H groups in total. The van der Waals surface area contributed by atoms with E-state index in [9.17, 15) is 20.2 Å². The largest absolute Gasteiger partial charge is 0.327 e. The lowest BCUT2D eigenvalue weighted by Gasteiger charge is -2.37. The van der Waals surface area contributed by atoms with Gasteiger partial charge in [-0.05, 0) is 29.8 Å². The number of anilines is 1. The molecule has 0 spiro atoms. The zero-order chi connectivity index (χ0) is 18.0. The molecule has 0 saturated carbocycles. The Hall–Kier alpha value is -3.31. The third-order valence-corrected chi connectivity index (χ3v) is 4.21. The number of carbonyl (C=O) groups excluding carboxylic acids is 1. The molecule has 1 aliphatic rings. The lowest BCUT2D eigenvalue weighted by Crippen LogP contribution is -2.46. The highest BCUT2D eigenvalue weighted by Gasteiger charge is 2.34. The first-order valence-electron chi connectivity index (χ1n) is 7.25. The summed E-state index contributed by atoms with van der Waals surface area (Å²) in [6.07, 6.45) is -0.639. The summed E-state index contributed by atoms with van der Waals surface area (Å²) >= 11 is 4.38. The molecule has 1 aliphatic heterocycles. The van der Waals surface area contributed by atoms with Crippen molar-refractivity contribution in [2.45, 2.75) is 6.17 Å². The van der Waals surface area contributed by atoms with Gasteiger partial charge in [0.1, 0.15) is 17.8 Å². The molecular weight excluding hydrogens is 340 g/mol. The van der Waals surface area contributed by atoms with Crippen LogP contribution in [-0.2, 0) is 4.79 Å². The number of nitro groups is 1. The van der Waals surface area contributed by atoms with Gasteiger partial charge in [-0.25, -0.2) is 0 Å². The van der Waals surface area contributed by atoms with Crippen LogP contribution in [0.1, 0.15) is 11.7 Å². The maximum Gasteiger partial charge on any atom is 0.269 e. The molecule has 124 valence electrons. The minimum atomic E-state index is -0.639. The van der Waals surface area contributed by atoms with Crippen LogP contribution in [0.15, 0.2) is 65.2 Å². The second-order valence-corrected chi connectivity index (χ2v) is 5.66. The van der Waals surface area contributed by atoms with Crippen LogP contribution in [-0.4, -0.2) is 10.8 Å². The summed E-state index contributed by atoms with van der Waals surface area (Å²) in [5.74, 6) is -0.539. The maximum atomic E-state index is 12.2. The van der Waals surface area contributed by atoms with Crippen LogP contribution in [0.5, 0.6) is 0 Å². The molecule has 8 heteroatoms. The zero-order valence-corrected chi connectivity index (χ0v) is 13.7. The van der Waals surface area contributed by atoms with Crippen molar-refractivity contribution in [2.75, 3.05) is 4.90 Å². The SMILES string of the molecule is N#CC1=C(S)N(c2ccccc2)C(c2ccc([N+](=O)[O-])cc2)NC1=O. The van der Waals surface area contributed by atoms with Gasteiger partial charge in [-0.1, -0.05) is 18.2 Å². The van der Waals surface area contributed by atoms with Crippen molar-refractivity contribution in [1.82, 2.24) is 5.32 Å². The molecule has 3 rings (SSSR count). The number of nitriles is 1. The number of thiol groups is 1. The first-order chi connectivity index (χ1) is 12.0. The van der Waals surface area contributed by atoms with E-state index in [2.05, 4.69) is 17.9 Å². The number of hydrogen-bond acceptors (Lipinski definition) is 6. The normalized spacial score (nSPS) is 17.0. The van der Waals surface area contributed by atoms with Gasteiger partial charge in [0, 0.05) is 17.8 Å². The molecule has 1 atom stereocenters. The average molecular weight is 352 g/mol. The fourth-order valence-corrected chi connectivity index (χ4v) is 2.96. The van der Waals surface area contributed by atoms with Crippen molar-refractivity contribution < 1.29 is 9.72 Å². The standard InChI is InChI=1S/C17H12N4O3S/c18-10-14-16(22)19-15(11-6-8-13(9-7-11)21(23)24)20(17(14)25)12-4-2-1-3-5-12/h1-9,15,25H,(H,19,22). The van der Waals surface area contributed by atoms with Gasteiger partial charge in [-0.2, -0.15) is 5.26 Å². The zero-order valence-electron chi connectivity index (χ0n) is 12.8. The van der Waals surface area contributed by atoms with Crippen molar-refractivity contribution in [3.63, 3.8) is 0 Å². The van der Waals surface area contributed by atoms with Crippen LogP contribution in [0.3, 0.4) is 0 Å². The summed E-state index contributed by atoms with van der Waals surface area (Å²) < 4.78 is 0. The molecule has 1 unspecified atom stereocenters. The molecule has 0 aromatic heterocycles. The monoisotopic (exact) mass is 352 g/mol. The number of non-ortho nitro benzene ring substituents is 1. The summed E-state index contributed by atoms with van der Waals surface area (Å²) in [4.78, 5) is 24.2. The van der Waals surface area contributed by atoms with Crippen LogP contribution in [0.2, 0.25) is 0 Å². The van der Waals surface area contributed by atoms with Crippen LogP contribution in [0.25, 0.3) is 0 Å². The summed E-state index contributed by atoms with van der Waals surface area (Å²) in [7, 11) is 0. The Morgan fingerprint density at radius 2 is 1.80 bits per heavy atom. The van der Waals surface area contributed by atoms with Crippen LogP contribution in [0.4, 0.5) is 11.4 Å². The number of nitro benzene ring substituents is 1. The Kier molecular flexibility index (Phi) is 4.41. The average Bonchev–Trinajstić information content (AvgIpc) is 2.62. The van der Waals surface area contributed by atoms with Crippen molar-refractivity contribution in [1.29, 1.82) is 5.26 Å². The third-order valence-electron chi connectivity index (χ3n) is 3.77. The van der Waals surface area contributed by atoms with E-state index in [1.807, 2.05) is 36.4 Å². The van der Waals surface area contributed by atoms with Gasteiger partial charge in [0.05, 0.1) is 9.95 Å². The van der Waals surface area contributed by atoms with Gasteiger partial charge in [0.25, 0.3) is 11.6 Å². The van der Waals surface area contributed by atoms with E-state index in [0.29, 0.717) is 5.56 Å². The molecule has 7 nitrogen and oxygen atoms in total. The van der Waals surface area contributed by atoms with Gasteiger partial charge >= 0.3 is 0 Å². The number of para-hydroxylation sites is 1. The lowest BCUT2D eigenvalue weighted by atomic mass is 10.1. The molecule has 0 aliphatic carbocycles. The second kappa shape index (κ2) is 6.67. The van der Waals surface area contributed by atoms with E-state index in [1.54, 1.807) is 17.0 Å². The van der Waals surface area contributed by atoms with Gasteiger partial charge in [-0.15, -0.1) is 12.6 Å². The number of benzene rings is 2. The Morgan fingerprint density at radius 1 is 1.16 bits per heavy atom. The van der Waals surface area contributed by atoms with Crippen molar-refractivity contribution in [3.05, 3.63) is 80.9 Å². The minimum absolute atomic E-state index is 0.0449. The molecule has 0 saturated heterocycles. The Balaban J connectivity index is 2.10. The van der Waals surface area contributed by atoms with Gasteiger partial charge in [0.15, 0.2) is 0 Å².